The number of hydrogen-bond donors (Lipinski definition) is 11. The minimum Gasteiger partial charge on any atom is -0.492 e. The molecule has 4 bridgehead atoms. The molecule has 13 atom stereocenters. The maximum Gasteiger partial charge on any atom is 0.407 e. The summed E-state index contributed by atoms with van der Waals surface area (Å²) in [6.45, 7) is 16.4. The number of esters is 2. The first-order chi connectivity index (χ1) is 41.4. The lowest BCUT2D eigenvalue weighted by Crippen LogP contribution is -2.62. The van der Waals surface area contributed by atoms with E-state index in [-0.39, 0.29) is 32.2 Å². The van der Waals surface area contributed by atoms with Gasteiger partial charge in [-0.3, -0.25) is 38.4 Å². The van der Waals surface area contributed by atoms with Gasteiger partial charge in [-0.1, -0.05) is 90.3 Å². The van der Waals surface area contributed by atoms with Crippen LogP contribution in [-0.2, 0) is 68.5 Å². The lowest BCUT2D eigenvalue weighted by atomic mass is 9.92. The Hall–Kier alpha value is -7.42. The Labute approximate surface area is 515 Å². The average molecular weight is 1240 g/mol. The average Bonchev–Trinajstić information content (AvgIpc) is 3.65. The van der Waals surface area contributed by atoms with Crippen molar-refractivity contribution in [1.82, 2.24) is 47.4 Å². The molecule has 26 nitrogen and oxygen atoms in total. The van der Waals surface area contributed by atoms with Gasteiger partial charge >= 0.3 is 18.0 Å². The Morgan fingerprint density at radius 1 is 0.818 bits per heavy atom. The number of carbonyl (C=O) groups is 10. The molecule has 1 fully saturated rings. The molecule has 0 saturated carbocycles. The highest BCUT2D eigenvalue weighted by Crippen LogP contribution is 2.28. The van der Waals surface area contributed by atoms with E-state index in [1.54, 1.807) is 97.9 Å². The molecule has 3 aliphatic heterocycles. The summed E-state index contributed by atoms with van der Waals surface area (Å²) in [5.74, 6) is -11.0. The highest BCUT2D eigenvalue weighted by molar-refractivity contribution is 5.99. The quantitative estimate of drug-likeness (QED) is 0.0558. The van der Waals surface area contributed by atoms with Gasteiger partial charge in [0, 0.05) is 39.1 Å². The zero-order chi connectivity index (χ0) is 65.6. The van der Waals surface area contributed by atoms with Crippen LogP contribution in [0.2, 0.25) is 0 Å². The normalized spacial score (nSPS) is 26.9. The Morgan fingerprint density at radius 2 is 1.47 bits per heavy atom. The highest BCUT2D eigenvalue weighted by Gasteiger charge is 2.43. The number of fused-ring (bicyclic) bond motifs is 11. The van der Waals surface area contributed by atoms with E-state index < -0.39 is 162 Å². The van der Waals surface area contributed by atoms with Gasteiger partial charge in [-0.05, 0) is 102 Å². The Balaban J connectivity index is 1.89. The molecule has 0 spiro atoms. The van der Waals surface area contributed by atoms with E-state index in [1.165, 1.54) is 33.9 Å². The van der Waals surface area contributed by atoms with Crippen molar-refractivity contribution in [2.75, 3.05) is 39.8 Å². The lowest BCUT2D eigenvalue weighted by Gasteiger charge is -2.35. The fourth-order valence-corrected chi connectivity index (χ4v) is 9.75. The summed E-state index contributed by atoms with van der Waals surface area (Å²) in [6, 6.07) is -1.58. The molecule has 1 aliphatic carbocycles. The van der Waals surface area contributed by atoms with Gasteiger partial charge in [0.25, 0.3) is 0 Å². The van der Waals surface area contributed by atoms with Crippen LogP contribution in [0.4, 0.5) is 4.79 Å². The maximum absolute atomic E-state index is 15.4. The monoisotopic (exact) mass is 1240 g/mol. The van der Waals surface area contributed by atoms with Gasteiger partial charge in [-0.25, -0.2) is 9.59 Å². The van der Waals surface area contributed by atoms with Crippen molar-refractivity contribution in [1.29, 1.82) is 0 Å². The number of nitrogens with zero attached hydrogens (tertiary/aromatic N) is 1. The van der Waals surface area contributed by atoms with Crippen LogP contribution in [0.25, 0.3) is 0 Å². The van der Waals surface area contributed by atoms with Gasteiger partial charge in [0.05, 0.1) is 23.9 Å². The first-order valence-corrected chi connectivity index (χ1v) is 30.3. The van der Waals surface area contributed by atoms with Gasteiger partial charge < -0.3 is 81.7 Å². The van der Waals surface area contributed by atoms with Gasteiger partial charge in [0.2, 0.25) is 41.4 Å². The van der Waals surface area contributed by atoms with Crippen molar-refractivity contribution < 1.29 is 82.2 Å². The van der Waals surface area contributed by atoms with E-state index in [0.29, 0.717) is 42.8 Å². The molecule has 1 aromatic carbocycles. The molecule has 0 radical (unpaired) electrons. The maximum atomic E-state index is 15.4. The molecule has 1 aromatic rings. The van der Waals surface area contributed by atoms with Gasteiger partial charge in [0.1, 0.15) is 66.8 Å². The summed E-state index contributed by atoms with van der Waals surface area (Å²) in [5.41, 5.74) is -1.63. The van der Waals surface area contributed by atoms with Crippen molar-refractivity contribution in [3.63, 3.8) is 0 Å². The second kappa shape index (κ2) is 34.4. The second-order valence-corrected chi connectivity index (χ2v) is 24.3. The molecular formula is C62H95N9O17. The predicted octanol–water partition coefficient (Wildman–Crippen LogP) is 1.15. The number of carbonyl (C=O) groups excluding carboxylic acids is 10. The van der Waals surface area contributed by atoms with E-state index in [1.807, 2.05) is 0 Å². The van der Waals surface area contributed by atoms with Gasteiger partial charge in [-0.15, -0.1) is 0 Å². The van der Waals surface area contributed by atoms with E-state index in [9.17, 15) is 53.7 Å². The molecule has 3 heterocycles. The van der Waals surface area contributed by atoms with E-state index in [2.05, 4.69) is 42.5 Å². The summed E-state index contributed by atoms with van der Waals surface area (Å²) < 4.78 is 22.9. The van der Waals surface area contributed by atoms with Crippen LogP contribution in [0.3, 0.4) is 0 Å². The number of allylic oxidation sites excluding steroid dienone is 3. The fraction of sp³-hybridized carbons (Fsp3) is 0.645. The Kier molecular flexibility index (Phi) is 28.5. The highest BCUT2D eigenvalue weighted by atomic mass is 16.6. The summed E-state index contributed by atoms with van der Waals surface area (Å²) in [7, 11) is 1.32. The molecule has 11 N–H and O–H groups in total. The van der Waals surface area contributed by atoms with E-state index in [0.717, 1.165) is 23.8 Å². The molecule has 0 aromatic heterocycles. The number of cyclic esters (lactones) is 1. The van der Waals surface area contributed by atoms with Crippen molar-refractivity contribution >= 4 is 59.4 Å². The van der Waals surface area contributed by atoms with Crippen molar-refractivity contribution in [2.24, 2.45) is 17.8 Å². The number of amides is 8. The molecule has 1 saturated heterocycles. The molecule has 4 aliphatic rings. The van der Waals surface area contributed by atoms with Gasteiger partial charge in [0.15, 0.2) is 6.04 Å². The second-order valence-electron chi connectivity index (χ2n) is 24.3. The topological polar surface area (TPSA) is 368 Å². The van der Waals surface area contributed by atoms with Crippen molar-refractivity contribution in [3.05, 3.63) is 71.5 Å². The summed E-state index contributed by atoms with van der Waals surface area (Å²) in [6.07, 6.45) is 2.37. The largest absolute Gasteiger partial charge is 0.492 e. The molecule has 8 amide bonds. The summed E-state index contributed by atoms with van der Waals surface area (Å²) in [4.78, 5) is 143. The van der Waals surface area contributed by atoms with E-state index >= 15 is 9.59 Å². The number of benzene rings is 1. The Morgan fingerprint density at radius 3 is 2.08 bits per heavy atom. The molecule has 26 heteroatoms. The summed E-state index contributed by atoms with van der Waals surface area (Å²) in [5, 5.41) is 55.6. The van der Waals surface area contributed by atoms with Gasteiger partial charge in [-0.2, -0.15) is 0 Å². The van der Waals surface area contributed by atoms with Crippen LogP contribution >= 0.6 is 0 Å². The van der Waals surface area contributed by atoms with Crippen LogP contribution in [0.1, 0.15) is 127 Å². The number of unbranched alkanes of at least 4 members (excludes halogenated alkanes) is 3. The molecule has 88 heavy (non-hydrogen) atoms. The fourth-order valence-electron chi connectivity index (χ4n) is 9.75. The molecule has 490 valence electrons. The molecule has 5 rings (SSSR count). The number of likely N-dealkylation sites (N-methyl/N-ethyl adjacent to an activating group) is 1. The minimum atomic E-state index is -1.99. The van der Waals surface area contributed by atoms with Crippen LogP contribution in [0.15, 0.2) is 66.0 Å². The number of rotatable bonds is 18. The van der Waals surface area contributed by atoms with Crippen LogP contribution in [-0.4, -0.2) is 191 Å². The standard InChI is InChI=1S/C62H95N9O17/c1-13-36(4)48-55(78)70-51-42-23-25-43(26-24-42)87-40(8)62(84,34-63-29-19-14-15-20-30-64-60(83)88-61(9,10)11)28-27-46(73)65-32-47(74)85-33-44(59(82)86-39(7)50(57(80)67-48)69-53(76)37(5)52(75)35(2)3)66-56(79)49(38(6)72)68-54(77)45(71(12)58(51)81)31-41-21-17-16-18-22-41/h16-18,21-23,25,27-28,35-40,44-45,48-52,63,72,75,84H,13-15,19-20,24,26,29-34H2,1-12H3,(H,64,83)(H,65,73)(H,66,79)(H,67,80)(H,68,77)(H,69,76)(H,70,78)/b28-27+/t36-,37+,38+,39+,40+,44-,45-,48+,49+,50-,51-,52+,62-/m0/s1. The van der Waals surface area contributed by atoms with E-state index in [4.69, 9.17) is 18.9 Å². The first kappa shape index (κ1) is 73.1. The third-order valence-electron chi connectivity index (χ3n) is 15.6. The number of alkyl carbamates (subject to hydrolysis) is 1. The summed E-state index contributed by atoms with van der Waals surface area (Å²) >= 11 is 0. The third-order valence-corrected chi connectivity index (χ3v) is 15.6. The predicted molar refractivity (Wildman–Crippen MR) is 323 cm³/mol. The zero-order valence-electron chi connectivity index (χ0n) is 52.9. The SMILES string of the molecule is CC[C@H](C)[C@H]1NC(=O)[C@@H](NC(=O)[C@H](C)[C@H](O)C(C)C)[C@@H](C)OC(=O)[C@@H]2COC(=O)CNC(=O)/C=C/[C@](O)(CNCCCCCCNC(=O)OC(C)(C)C)[C@@H](C)OC3=CC=C(CC3)[C@H](NC1=O)C(=O)N(C)[C@@H](Cc1ccccc1)C(=O)N[C@H]([C@@H](C)O)C(=O)N2. The number of hydrogen-bond acceptors (Lipinski definition) is 18. The number of aliphatic hydroxyl groups excluding tert-OH is 2. The molecular weight excluding hydrogens is 1140 g/mol. The third kappa shape index (κ3) is 22.6. The smallest absolute Gasteiger partial charge is 0.407 e. The number of nitrogens with one attached hydrogen (secondary N) is 8. The van der Waals surface area contributed by atoms with Crippen LogP contribution < -0.4 is 42.5 Å². The van der Waals surface area contributed by atoms with Crippen molar-refractivity contribution in [3.8, 4) is 0 Å². The number of ether oxygens (including phenoxy) is 4. The lowest BCUT2D eigenvalue weighted by molar-refractivity contribution is -0.160. The van der Waals surface area contributed by atoms with Crippen LogP contribution in [0.5, 0.6) is 0 Å². The number of aliphatic hydroxyl groups is 3. The van der Waals surface area contributed by atoms with Crippen molar-refractivity contribution in [2.45, 2.75) is 199 Å². The minimum absolute atomic E-state index is 0.0418. The van der Waals surface area contributed by atoms with Crippen LogP contribution in [0, 0.1) is 17.8 Å². The Bertz CT molecular complexity index is 2680. The first-order valence-electron chi connectivity index (χ1n) is 30.3. The molecule has 0 unspecified atom stereocenters. The zero-order valence-corrected chi connectivity index (χ0v) is 52.9.